The van der Waals surface area contributed by atoms with E-state index in [0.717, 1.165) is 18.2 Å². The van der Waals surface area contributed by atoms with Crippen molar-refractivity contribution in [1.29, 1.82) is 0 Å². The van der Waals surface area contributed by atoms with Crippen LogP contribution in [-0.2, 0) is 6.54 Å². The number of hydrogen-bond donors (Lipinski definition) is 0. The van der Waals surface area contributed by atoms with Gasteiger partial charge < -0.3 is 9.64 Å². The van der Waals surface area contributed by atoms with Gasteiger partial charge in [-0.25, -0.2) is 0 Å². The number of nitrogens with zero attached hydrogens (tertiary/aromatic N) is 2. The van der Waals surface area contributed by atoms with Crippen LogP contribution in [0.5, 0.6) is 5.75 Å². The summed E-state index contributed by atoms with van der Waals surface area (Å²) in [6, 6.07) is 8.45. The standard InChI is InChI=1S/C19H28N2O/c1-22-19-9-5-8-18(14-19)16-21-12-10-20(11-13-21)15-17-6-3-2-4-7-17/h2-3,5,8-9,14,17H,4,6-7,10-13,15-16H2,1H3. The number of benzene rings is 1. The second-order valence-corrected chi connectivity index (χ2v) is 6.58. The van der Waals surface area contributed by atoms with Crippen molar-refractivity contribution in [2.45, 2.75) is 25.8 Å². The third-order valence-electron chi connectivity index (χ3n) is 4.90. The molecule has 0 spiro atoms. The number of ether oxygens (including phenoxy) is 1. The fourth-order valence-electron chi connectivity index (χ4n) is 3.55. The van der Waals surface area contributed by atoms with Gasteiger partial charge >= 0.3 is 0 Å². The molecule has 120 valence electrons. The van der Waals surface area contributed by atoms with E-state index in [1.165, 1.54) is 57.5 Å². The van der Waals surface area contributed by atoms with Crippen molar-refractivity contribution in [3.05, 3.63) is 42.0 Å². The van der Waals surface area contributed by atoms with Gasteiger partial charge in [0.1, 0.15) is 5.75 Å². The maximum absolute atomic E-state index is 5.31. The SMILES string of the molecule is COc1cccc(CN2CCN(CC3CC=CCC3)CC2)c1. The Bertz CT molecular complexity index is 492. The predicted octanol–water partition coefficient (Wildman–Crippen LogP) is 3.17. The number of hydrogen-bond acceptors (Lipinski definition) is 3. The topological polar surface area (TPSA) is 15.7 Å². The average molecular weight is 300 g/mol. The van der Waals surface area contributed by atoms with Gasteiger partial charge in [-0.05, 0) is 42.9 Å². The fourth-order valence-corrected chi connectivity index (χ4v) is 3.55. The van der Waals surface area contributed by atoms with Crippen molar-refractivity contribution in [1.82, 2.24) is 9.80 Å². The van der Waals surface area contributed by atoms with Crippen molar-refractivity contribution in [3.63, 3.8) is 0 Å². The van der Waals surface area contributed by atoms with Crippen LogP contribution in [0.1, 0.15) is 24.8 Å². The van der Waals surface area contributed by atoms with Crippen molar-refractivity contribution in [2.75, 3.05) is 39.8 Å². The Morgan fingerprint density at radius 2 is 1.91 bits per heavy atom. The molecule has 2 aliphatic rings. The Morgan fingerprint density at radius 3 is 2.64 bits per heavy atom. The zero-order chi connectivity index (χ0) is 15.2. The zero-order valence-corrected chi connectivity index (χ0v) is 13.7. The van der Waals surface area contributed by atoms with Gasteiger partial charge in [0, 0.05) is 39.3 Å². The Morgan fingerprint density at radius 1 is 1.09 bits per heavy atom. The smallest absolute Gasteiger partial charge is 0.119 e. The minimum atomic E-state index is 0.884. The molecule has 1 heterocycles. The average Bonchev–Trinajstić information content (AvgIpc) is 2.58. The van der Waals surface area contributed by atoms with E-state index in [2.05, 4.69) is 40.2 Å². The summed E-state index contributed by atoms with van der Waals surface area (Å²) in [4.78, 5) is 5.22. The van der Waals surface area contributed by atoms with E-state index >= 15 is 0 Å². The van der Waals surface area contributed by atoms with Crippen LogP contribution < -0.4 is 4.74 Å². The van der Waals surface area contributed by atoms with Gasteiger partial charge in [0.15, 0.2) is 0 Å². The van der Waals surface area contributed by atoms with Gasteiger partial charge in [-0.1, -0.05) is 24.3 Å². The van der Waals surface area contributed by atoms with Gasteiger partial charge in [-0.3, -0.25) is 4.90 Å². The molecular formula is C19H28N2O. The van der Waals surface area contributed by atoms with Crippen LogP contribution in [0.4, 0.5) is 0 Å². The largest absolute Gasteiger partial charge is 0.497 e. The Balaban J connectivity index is 1.44. The quantitative estimate of drug-likeness (QED) is 0.777. The Kier molecular flexibility index (Phi) is 5.52. The molecule has 0 bridgehead atoms. The summed E-state index contributed by atoms with van der Waals surface area (Å²) in [6.07, 6.45) is 8.64. The van der Waals surface area contributed by atoms with Crippen LogP contribution in [0.25, 0.3) is 0 Å². The van der Waals surface area contributed by atoms with E-state index in [4.69, 9.17) is 4.74 Å². The Labute approximate surface area is 134 Å². The van der Waals surface area contributed by atoms with E-state index in [0.29, 0.717) is 0 Å². The molecule has 0 N–H and O–H groups in total. The van der Waals surface area contributed by atoms with E-state index in [1.807, 2.05) is 6.07 Å². The molecule has 3 heteroatoms. The predicted molar refractivity (Wildman–Crippen MR) is 91.2 cm³/mol. The first kappa shape index (κ1) is 15.6. The molecule has 3 nitrogen and oxygen atoms in total. The monoisotopic (exact) mass is 300 g/mol. The molecule has 1 fully saturated rings. The molecule has 1 saturated heterocycles. The number of methoxy groups -OCH3 is 1. The second-order valence-electron chi connectivity index (χ2n) is 6.58. The molecule has 0 amide bonds. The van der Waals surface area contributed by atoms with Crippen molar-refractivity contribution in [3.8, 4) is 5.75 Å². The maximum Gasteiger partial charge on any atom is 0.119 e. The van der Waals surface area contributed by atoms with Crippen LogP contribution in [0, 0.1) is 5.92 Å². The summed E-state index contributed by atoms with van der Waals surface area (Å²) >= 11 is 0. The molecule has 0 aromatic heterocycles. The summed E-state index contributed by atoms with van der Waals surface area (Å²) in [5.74, 6) is 1.84. The molecule has 1 aliphatic carbocycles. The van der Waals surface area contributed by atoms with Crippen LogP contribution in [-0.4, -0.2) is 49.6 Å². The van der Waals surface area contributed by atoms with Gasteiger partial charge in [0.05, 0.1) is 7.11 Å². The van der Waals surface area contributed by atoms with Crippen LogP contribution in [0.2, 0.25) is 0 Å². The summed E-state index contributed by atoms with van der Waals surface area (Å²) in [6.45, 7) is 7.11. The van der Waals surface area contributed by atoms with Gasteiger partial charge in [0.2, 0.25) is 0 Å². The second kappa shape index (κ2) is 7.80. The maximum atomic E-state index is 5.31. The summed E-state index contributed by atoms with van der Waals surface area (Å²) in [5.41, 5.74) is 1.35. The summed E-state index contributed by atoms with van der Waals surface area (Å²) in [5, 5.41) is 0. The first-order valence-electron chi connectivity index (χ1n) is 8.56. The molecule has 1 aromatic carbocycles. The first-order valence-corrected chi connectivity index (χ1v) is 8.56. The lowest BCUT2D eigenvalue weighted by Crippen LogP contribution is -2.47. The molecule has 22 heavy (non-hydrogen) atoms. The highest BCUT2D eigenvalue weighted by molar-refractivity contribution is 5.28. The van der Waals surface area contributed by atoms with E-state index in [9.17, 15) is 0 Å². The Hall–Kier alpha value is -1.32. The minimum Gasteiger partial charge on any atom is -0.497 e. The van der Waals surface area contributed by atoms with Crippen molar-refractivity contribution >= 4 is 0 Å². The molecule has 3 rings (SSSR count). The van der Waals surface area contributed by atoms with Crippen LogP contribution in [0.15, 0.2) is 36.4 Å². The van der Waals surface area contributed by atoms with Crippen LogP contribution in [0.3, 0.4) is 0 Å². The van der Waals surface area contributed by atoms with Gasteiger partial charge in [-0.2, -0.15) is 0 Å². The van der Waals surface area contributed by atoms with E-state index in [1.54, 1.807) is 7.11 Å². The molecule has 0 saturated carbocycles. The third kappa shape index (κ3) is 4.34. The molecule has 1 aliphatic heterocycles. The van der Waals surface area contributed by atoms with Gasteiger partial charge in [0.25, 0.3) is 0 Å². The minimum absolute atomic E-state index is 0.884. The third-order valence-corrected chi connectivity index (χ3v) is 4.90. The first-order chi connectivity index (χ1) is 10.8. The van der Waals surface area contributed by atoms with E-state index in [-0.39, 0.29) is 0 Å². The highest BCUT2D eigenvalue weighted by atomic mass is 16.5. The zero-order valence-electron chi connectivity index (χ0n) is 13.7. The highest BCUT2D eigenvalue weighted by Gasteiger charge is 2.20. The number of allylic oxidation sites excluding steroid dienone is 2. The van der Waals surface area contributed by atoms with Crippen LogP contribution >= 0.6 is 0 Å². The van der Waals surface area contributed by atoms with Crippen molar-refractivity contribution in [2.24, 2.45) is 5.92 Å². The summed E-state index contributed by atoms with van der Waals surface area (Å²) in [7, 11) is 1.73. The van der Waals surface area contributed by atoms with Crippen molar-refractivity contribution < 1.29 is 4.74 Å². The molecule has 1 atom stereocenters. The highest BCUT2D eigenvalue weighted by Crippen LogP contribution is 2.20. The lowest BCUT2D eigenvalue weighted by atomic mass is 9.94. The fraction of sp³-hybridized carbons (Fsp3) is 0.579. The number of piperazine rings is 1. The lowest BCUT2D eigenvalue weighted by Gasteiger charge is -2.36. The van der Waals surface area contributed by atoms with E-state index < -0.39 is 0 Å². The molecule has 0 radical (unpaired) electrons. The summed E-state index contributed by atoms with van der Waals surface area (Å²) < 4.78 is 5.31. The number of rotatable bonds is 5. The normalized spacial score (nSPS) is 23.6. The molecular weight excluding hydrogens is 272 g/mol. The molecule has 1 unspecified atom stereocenters. The van der Waals surface area contributed by atoms with Gasteiger partial charge in [-0.15, -0.1) is 0 Å². The lowest BCUT2D eigenvalue weighted by molar-refractivity contribution is 0.111. The molecule has 1 aromatic rings.